The number of rotatable bonds is 5. The van der Waals surface area contributed by atoms with Gasteiger partial charge in [-0.1, -0.05) is 6.07 Å². The number of pyridine rings is 1. The topological polar surface area (TPSA) is 76.1 Å². The van der Waals surface area contributed by atoms with E-state index >= 15 is 0 Å². The van der Waals surface area contributed by atoms with Crippen molar-refractivity contribution in [1.82, 2.24) is 10.3 Å². The average molecular weight is 321 g/mol. The molecule has 0 aliphatic rings. The number of aromatic nitrogens is 1. The van der Waals surface area contributed by atoms with Crippen LogP contribution in [0.25, 0.3) is 0 Å². The fourth-order valence-corrected chi connectivity index (χ4v) is 2.17. The molecule has 0 aliphatic carbocycles. The number of carbonyl (C=O) groups excluding carboxylic acids is 1. The Morgan fingerprint density at radius 1 is 1.47 bits per heavy atom. The lowest BCUT2D eigenvalue weighted by atomic mass is 10.3. The van der Waals surface area contributed by atoms with Gasteiger partial charge in [0.25, 0.3) is 5.91 Å². The number of carbonyl (C=O) groups is 1. The van der Waals surface area contributed by atoms with E-state index in [9.17, 15) is 13.2 Å². The second-order valence-electron chi connectivity index (χ2n) is 3.58. The van der Waals surface area contributed by atoms with Crippen LogP contribution in [0.3, 0.4) is 0 Å². The van der Waals surface area contributed by atoms with Gasteiger partial charge in [0, 0.05) is 12.8 Å². The van der Waals surface area contributed by atoms with Crippen molar-refractivity contribution in [2.75, 3.05) is 18.6 Å². The first-order valence-electron chi connectivity index (χ1n) is 4.97. The summed E-state index contributed by atoms with van der Waals surface area (Å²) in [7, 11) is -2.97. The Bertz CT molecular complexity index is 502. The first kappa shape index (κ1) is 14.1. The molecule has 0 unspecified atom stereocenters. The maximum absolute atomic E-state index is 11.6. The quantitative estimate of drug-likeness (QED) is 0.649. The van der Waals surface area contributed by atoms with E-state index in [1.165, 1.54) is 6.26 Å². The minimum atomic E-state index is -2.97. The van der Waals surface area contributed by atoms with Gasteiger partial charge in [-0.05, 0) is 34.5 Å². The van der Waals surface area contributed by atoms with Gasteiger partial charge in [-0.15, -0.1) is 0 Å². The minimum absolute atomic E-state index is 0.0686. The molecule has 0 radical (unpaired) electrons. The Hall–Kier alpha value is -0.950. The largest absolute Gasteiger partial charge is 0.351 e. The van der Waals surface area contributed by atoms with E-state index in [1.54, 1.807) is 18.2 Å². The van der Waals surface area contributed by atoms with Crippen LogP contribution in [0.15, 0.2) is 22.8 Å². The molecule has 0 saturated carbocycles. The summed E-state index contributed by atoms with van der Waals surface area (Å²) in [5, 5.41) is 2.61. The molecule has 17 heavy (non-hydrogen) atoms. The standard InChI is InChI=1S/C10H13BrN2O3S/c1-17(15,16)7-3-6-12-10(14)8-4-2-5-9(11)13-8/h2,4-5H,3,6-7H2,1H3,(H,12,14). The van der Waals surface area contributed by atoms with E-state index in [0.29, 0.717) is 23.3 Å². The number of halogens is 1. The van der Waals surface area contributed by atoms with Gasteiger partial charge in [0.05, 0.1) is 5.75 Å². The van der Waals surface area contributed by atoms with Crippen molar-refractivity contribution in [3.63, 3.8) is 0 Å². The first-order valence-corrected chi connectivity index (χ1v) is 7.82. The molecule has 1 amide bonds. The predicted octanol–water partition coefficient (Wildman–Crippen LogP) is 1.01. The van der Waals surface area contributed by atoms with Gasteiger partial charge >= 0.3 is 0 Å². The molecular formula is C10H13BrN2O3S. The zero-order valence-corrected chi connectivity index (χ0v) is 11.7. The summed E-state index contributed by atoms with van der Waals surface area (Å²) in [6.07, 6.45) is 1.57. The lowest BCUT2D eigenvalue weighted by molar-refractivity contribution is 0.0948. The smallest absolute Gasteiger partial charge is 0.269 e. The zero-order chi connectivity index (χ0) is 12.9. The van der Waals surface area contributed by atoms with Crippen LogP contribution in [0.5, 0.6) is 0 Å². The third-order valence-corrected chi connectivity index (χ3v) is 3.40. The van der Waals surface area contributed by atoms with E-state index in [0.717, 1.165) is 0 Å². The molecule has 0 spiro atoms. The molecule has 0 aliphatic heterocycles. The maximum atomic E-state index is 11.6. The molecule has 5 nitrogen and oxygen atoms in total. The lowest BCUT2D eigenvalue weighted by Gasteiger charge is -2.04. The number of hydrogen-bond acceptors (Lipinski definition) is 4. The molecule has 1 aromatic rings. The van der Waals surface area contributed by atoms with Crippen LogP contribution < -0.4 is 5.32 Å². The van der Waals surface area contributed by atoms with Gasteiger partial charge < -0.3 is 5.32 Å². The molecule has 1 rings (SSSR count). The Balaban J connectivity index is 2.41. The first-order chi connectivity index (χ1) is 7.88. The van der Waals surface area contributed by atoms with Crippen LogP contribution in [-0.2, 0) is 9.84 Å². The maximum Gasteiger partial charge on any atom is 0.269 e. The molecule has 1 heterocycles. The number of amides is 1. The lowest BCUT2D eigenvalue weighted by Crippen LogP contribution is -2.26. The summed E-state index contributed by atoms with van der Waals surface area (Å²) in [5.41, 5.74) is 0.304. The number of sulfone groups is 1. The fourth-order valence-electron chi connectivity index (χ4n) is 1.16. The minimum Gasteiger partial charge on any atom is -0.351 e. The van der Waals surface area contributed by atoms with Gasteiger partial charge in [-0.2, -0.15) is 0 Å². The molecule has 0 fully saturated rings. The predicted molar refractivity (Wildman–Crippen MR) is 68.6 cm³/mol. The zero-order valence-electron chi connectivity index (χ0n) is 9.31. The number of hydrogen-bond donors (Lipinski definition) is 1. The van der Waals surface area contributed by atoms with Gasteiger partial charge in [0.1, 0.15) is 20.1 Å². The molecule has 1 N–H and O–H groups in total. The molecule has 0 atom stereocenters. The van der Waals surface area contributed by atoms with Crippen molar-refractivity contribution < 1.29 is 13.2 Å². The van der Waals surface area contributed by atoms with Crippen molar-refractivity contribution in [3.05, 3.63) is 28.5 Å². The van der Waals surface area contributed by atoms with Crippen LogP contribution in [-0.4, -0.2) is 37.9 Å². The number of nitrogens with one attached hydrogen (secondary N) is 1. The molecule has 7 heteroatoms. The van der Waals surface area contributed by atoms with Gasteiger partial charge in [-0.25, -0.2) is 13.4 Å². The van der Waals surface area contributed by atoms with Crippen LogP contribution in [0, 0.1) is 0 Å². The molecule has 94 valence electrons. The van der Waals surface area contributed by atoms with Crippen molar-refractivity contribution in [2.24, 2.45) is 0 Å². The van der Waals surface area contributed by atoms with E-state index in [2.05, 4.69) is 26.2 Å². The van der Waals surface area contributed by atoms with E-state index in [-0.39, 0.29) is 11.7 Å². The summed E-state index contributed by atoms with van der Waals surface area (Å²) in [6.45, 7) is 0.320. The highest BCUT2D eigenvalue weighted by molar-refractivity contribution is 9.10. The highest BCUT2D eigenvalue weighted by Gasteiger charge is 2.07. The van der Waals surface area contributed by atoms with E-state index in [1.807, 2.05) is 0 Å². The van der Waals surface area contributed by atoms with Crippen molar-refractivity contribution >= 4 is 31.7 Å². The Morgan fingerprint density at radius 3 is 2.76 bits per heavy atom. The fraction of sp³-hybridized carbons (Fsp3) is 0.400. The monoisotopic (exact) mass is 320 g/mol. The van der Waals surface area contributed by atoms with Gasteiger partial charge in [-0.3, -0.25) is 4.79 Å². The van der Waals surface area contributed by atoms with Crippen molar-refractivity contribution in [3.8, 4) is 0 Å². The summed E-state index contributed by atoms with van der Waals surface area (Å²) < 4.78 is 22.3. The van der Waals surface area contributed by atoms with Crippen LogP contribution in [0.1, 0.15) is 16.9 Å². The summed E-state index contributed by atoms with van der Waals surface area (Å²) >= 11 is 3.17. The Labute approximate surface area is 109 Å². The summed E-state index contributed by atoms with van der Waals surface area (Å²) in [6, 6.07) is 5.03. The Kier molecular flexibility index (Phi) is 5.07. The highest BCUT2D eigenvalue weighted by atomic mass is 79.9. The Morgan fingerprint density at radius 2 is 2.18 bits per heavy atom. The van der Waals surface area contributed by atoms with Crippen LogP contribution in [0.2, 0.25) is 0 Å². The molecule has 0 bridgehead atoms. The van der Waals surface area contributed by atoms with E-state index < -0.39 is 9.84 Å². The van der Waals surface area contributed by atoms with Gasteiger partial charge in [0.15, 0.2) is 0 Å². The highest BCUT2D eigenvalue weighted by Crippen LogP contribution is 2.05. The van der Waals surface area contributed by atoms with Crippen LogP contribution in [0.4, 0.5) is 0 Å². The normalized spacial score (nSPS) is 11.2. The second kappa shape index (κ2) is 6.11. The van der Waals surface area contributed by atoms with Crippen molar-refractivity contribution in [2.45, 2.75) is 6.42 Å². The third-order valence-electron chi connectivity index (χ3n) is 1.93. The summed E-state index contributed by atoms with van der Waals surface area (Å²) in [5.74, 6) is -0.237. The molecule has 0 saturated heterocycles. The van der Waals surface area contributed by atoms with Crippen LogP contribution >= 0.6 is 15.9 Å². The summed E-state index contributed by atoms with van der Waals surface area (Å²) in [4.78, 5) is 15.6. The molecule has 0 aromatic carbocycles. The SMILES string of the molecule is CS(=O)(=O)CCCNC(=O)c1cccc(Br)n1. The third kappa shape index (κ3) is 5.78. The van der Waals surface area contributed by atoms with E-state index in [4.69, 9.17) is 0 Å². The molecule has 1 aromatic heterocycles. The average Bonchev–Trinajstić information content (AvgIpc) is 2.23. The second-order valence-corrected chi connectivity index (χ2v) is 6.66. The number of nitrogens with zero attached hydrogens (tertiary/aromatic N) is 1. The van der Waals surface area contributed by atoms with Gasteiger partial charge in [0.2, 0.25) is 0 Å². The van der Waals surface area contributed by atoms with Crippen molar-refractivity contribution in [1.29, 1.82) is 0 Å². The molecular weight excluding hydrogens is 308 g/mol.